The summed E-state index contributed by atoms with van der Waals surface area (Å²) in [6.07, 6.45) is 0.00630. The van der Waals surface area contributed by atoms with Gasteiger partial charge in [0.2, 0.25) is 5.91 Å². The molecular formula is C15H15N3O6. The van der Waals surface area contributed by atoms with E-state index in [4.69, 9.17) is 0 Å². The van der Waals surface area contributed by atoms with E-state index in [1.807, 2.05) is 5.32 Å². The van der Waals surface area contributed by atoms with Crippen LogP contribution in [0.25, 0.3) is 0 Å². The molecule has 1 heterocycles. The number of ether oxygens (including phenoxy) is 1. The van der Waals surface area contributed by atoms with Gasteiger partial charge in [-0.25, -0.2) is 4.79 Å². The highest BCUT2D eigenvalue weighted by molar-refractivity contribution is 6.11. The van der Waals surface area contributed by atoms with Gasteiger partial charge in [0.1, 0.15) is 6.54 Å². The average molecular weight is 333 g/mol. The number of esters is 1. The highest BCUT2D eigenvalue weighted by atomic mass is 16.5. The van der Waals surface area contributed by atoms with Crippen molar-refractivity contribution in [1.82, 2.24) is 15.5 Å². The molecule has 5 amide bonds. The van der Waals surface area contributed by atoms with Gasteiger partial charge in [-0.2, -0.15) is 0 Å². The first kappa shape index (κ1) is 17.1. The molecular weight excluding hydrogens is 318 g/mol. The fourth-order valence-corrected chi connectivity index (χ4v) is 2.11. The number of rotatable bonds is 4. The fraction of sp³-hybridized carbons (Fsp3) is 0.267. The van der Waals surface area contributed by atoms with Crippen molar-refractivity contribution in [3.8, 4) is 0 Å². The van der Waals surface area contributed by atoms with Crippen molar-refractivity contribution in [3.05, 3.63) is 35.4 Å². The SMILES string of the molecule is CNC(=O)NC(=O)COC(=O)CN1C(=O)Cc2ccccc2C1=O. The molecule has 0 bridgehead atoms. The lowest BCUT2D eigenvalue weighted by atomic mass is 9.98. The Balaban J connectivity index is 1.92. The average Bonchev–Trinajstić information content (AvgIpc) is 2.56. The molecule has 0 aromatic heterocycles. The zero-order chi connectivity index (χ0) is 17.7. The van der Waals surface area contributed by atoms with E-state index in [1.165, 1.54) is 7.05 Å². The number of amides is 5. The van der Waals surface area contributed by atoms with Gasteiger partial charge in [-0.05, 0) is 11.6 Å². The van der Waals surface area contributed by atoms with Gasteiger partial charge < -0.3 is 10.1 Å². The van der Waals surface area contributed by atoms with Crippen LogP contribution in [-0.4, -0.2) is 54.8 Å². The summed E-state index contributed by atoms with van der Waals surface area (Å²) in [5, 5.41) is 4.07. The summed E-state index contributed by atoms with van der Waals surface area (Å²) in [7, 11) is 1.32. The van der Waals surface area contributed by atoms with E-state index < -0.39 is 42.9 Å². The summed E-state index contributed by atoms with van der Waals surface area (Å²) in [6, 6.07) is 5.87. The van der Waals surface area contributed by atoms with Crippen LogP contribution in [0.15, 0.2) is 24.3 Å². The van der Waals surface area contributed by atoms with Crippen molar-refractivity contribution < 1.29 is 28.7 Å². The minimum atomic E-state index is -0.928. The van der Waals surface area contributed by atoms with Crippen LogP contribution < -0.4 is 10.6 Å². The molecule has 0 atom stereocenters. The Morgan fingerprint density at radius 3 is 2.62 bits per heavy atom. The van der Waals surface area contributed by atoms with E-state index in [0.29, 0.717) is 11.1 Å². The van der Waals surface area contributed by atoms with Crippen LogP contribution in [0.2, 0.25) is 0 Å². The Hall–Kier alpha value is -3.23. The minimum Gasteiger partial charge on any atom is -0.454 e. The molecule has 1 aliphatic rings. The second-order valence-electron chi connectivity index (χ2n) is 4.91. The van der Waals surface area contributed by atoms with E-state index in [2.05, 4.69) is 10.1 Å². The molecule has 1 aliphatic heterocycles. The Kier molecular flexibility index (Phi) is 5.25. The standard InChI is InChI=1S/C15H15N3O6/c1-16-15(23)17-11(19)8-24-13(21)7-18-12(20)6-9-4-2-3-5-10(9)14(18)22/h2-5H,6-8H2,1H3,(H2,16,17,19,23). The van der Waals surface area contributed by atoms with Gasteiger partial charge in [0.15, 0.2) is 6.61 Å². The number of imide groups is 2. The van der Waals surface area contributed by atoms with E-state index in [9.17, 15) is 24.0 Å². The number of urea groups is 1. The van der Waals surface area contributed by atoms with Gasteiger partial charge >= 0.3 is 12.0 Å². The van der Waals surface area contributed by atoms with E-state index in [0.717, 1.165) is 4.90 Å². The Bertz CT molecular complexity index is 715. The number of nitrogens with one attached hydrogen (secondary N) is 2. The molecule has 2 N–H and O–H groups in total. The fourth-order valence-electron chi connectivity index (χ4n) is 2.11. The molecule has 0 saturated heterocycles. The summed E-state index contributed by atoms with van der Waals surface area (Å²) in [6.45, 7) is -1.29. The number of hydrogen-bond acceptors (Lipinski definition) is 6. The molecule has 9 heteroatoms. The largest absolute Gasteiger partial charge is 0.454 e. The van der Waals surface area contributed by atoms with Gasteiger partial charge in [0.05, 0.1) is 6.42 Å². The first-order chi connectivity index (χ1) is 11.4. The van der Waals surface area contributed by atoms with Gasteiger partial charge in [-0.15, -0.1) is 0 Å². The van der Waals surface area contributed by atoms with E-state index >= 15 is 0 Å². The summed E-state index contributed by atoms with van der Waals surface area (Å²) < 4.78 is 4.66. The topological polar surface area (TPSA) is 122 Å². The van der Waals surface area contributed by atoms with Crippen LogP contribution in [0.4, 0.5) is 4.79 Å². The number of hydrogen-bond donors (Lipinski definition) is 2. The van der Waals surface area contributed by atoms with Gasteiger partial charge in [-0.1, -0.05) is 18.2 Å². The van der Waals surface area contributed by atoms with Crippen LogP contribution in [0.5, 0.6) is 0 Å². The quantitative estimate of drug-likeness (QED) is 0.550. The molecule has 126 valence electrons. The molecule has 9 nitrogen and oxygen atoms in total. The van der Waals surface area contributed by atoms with E-state index in [-0.39, 0.29) is 6.42 Å². The minimum absolute atomic E-state index is 0.00630. The van der Waals surface area contributed by atoms with Crippen LogP contribution >= 0.6 is 0 Å². The summed E-state index contributed by atoms with van der Waals surface area (Å²) in [4.78, 5) is 59.0. The van der Waals surface area contributed by atoms with Gasteiger partial charge in [-0.3, -0.25) is 29.4 Å². The smallest absolute Gasteiger partial charge is 0.326 e. The third kappa shape index (κ3) is 3.94. The molecule has 0 unspecified atom stereocenters. The lowest BCUT2D eigenvalue weighted by molar-refractivity contribution is -0.151. The predicted molar refractivity (Wildman–Crippen MR) is 79.7 cm³/mol. The third-order valence-corrected chi connectivity index (χ3v) is 3.27. The van der Waals surface area contributed by atoms with Crippen molar-refractivity contribution in [2.24, 2.45) is 0 Å². The number of fused-ring (bicyclic) bond motifs is 1. The Morgan fingerprint density at radius 1 is 1.21 bits per heavy atom. The zero-order valence-corrected chi connectivity index (χ0v) is 12.8. The predicted octanol–water partition coefficient (Wildman–Crippen LogP) is -0.790. The lowest BCUT2D eigenvalue weighted by Gasteiger charge is -2.25. The maximum Gasteiger partial charge on any atom is 0.326 e. The Labute approximate surface area is 136 Å². The monoisotopic (exact) mass is 333 g/mol. The van der Waals surface area contributed by atoms with Crippen molar-refractivity contribution >= 4 is 29.7 Å². The zero-order valence-electron chi connectivity index (χ0n) is 12.8. The molecule has 0 radical (unpaired) electrons. The van der Waals surface area contributed by atoms with Crippen molar-refractivity contribution in [3.63, 3.8) is 0 Å². The molecule has 0 saturated carbocycles. The molecule has 2 rings (SSSR count). The maximum atomic E-state index is 12.3. The number of benzene rings is 1. The van der Waals surface area contributed by atoms with Crippen LogP contribution in [0.1, 0.15) is 15.9 Å². The number of nitrogens with zero attached hydrogens (tertiary/aromatic N) is 1. The van der Waals surface area contributed by atoms with Crippen molar-refractivity contribution in [1.29, 1.82) is 0 Å². The molecule has 0 fully saturated rings. The first-order valence-electron chi connectivity index (χ1n) is 7.02. The molecule has 0 aliphatic carbocycles. The summed E-state index contributed by atoms with van der Waals surface area (Å²) in [5.41, 5.74) is 0.948. The molecule has 0 spiro atoms. The lowest BCUT2D eigenvalue weighted by Crippen LogP contribution is -2.46. The number of carbonyl (C=O) groups excluding carboxylic acids is 5. The van der Waals surface area contributed by atoms with Crippen molar-refractivity contribution in [2.45, 2.75) is 6.42 Å². The number of carbonyl (C=O) groups is 5. The third-order valence-electron chi connectivity index (χ3n) is 3.27. The molecule has 24 heavy (non-hydrogen) atoms. The van der Waals surface area contributed by atoms with Crippen LogP contribution in [-0.2, 0) is 25.5 Å². The normalized spacial score (nSPS) is 13.1. The highest BCUT2D eigenvalue weighted by Crippen LogP contribution is 2.19. The first-order valence-corrected chi connectivity index (χ1v) is 7.02. The molecule has 1 aromatic rings. The highest BCUT2D eigenvalue weighted by Gasteiger charge is 2.32. The van der Waals surface area contributed by atoms with Crippen LogP contribution in [0, 0.1) is 0 Å². The molecule has 1 aromatic carbocycles. The van der Waals surface area contributed by atoms with E-state index in [1.54, 1.807) is 24.3 Å². The Morgan fingerprint density at radius 2 is 1.92 bits per heavy atom. The second-order valence-corrected chi connectivity index (χ2v) is 4.91. The van der Waals surface area contributed by atoms with Crippen molar-refractivity contribution in [2.75, 3.05) is 20.2 Å². The summed E-state index contributed by atoms with van der Waals surface area (Å²) >= 11 is 0. The maximum absolute atomic E-state index is 12.3. The summed E-state index contributed by atoms with van der Waals surface area (Å²) in [5.74, 6) is -2.87. The van der Waals surface area contributed by atoms with Gasteiger partial charge in [0, 0.05) is 12.6 Å². The van der Waals surface area contributed by atoms with Crippen LogP contribution in [0.3, 0.4) is 0 Å². The van der Waals surface area contributed by atoms with Gasteiger partial charge in [0.25, 0.3) is 11.8 Å². The second kappa shape index (κ2) is 7.36.